The van der Waals surface area contributed by atoms with Crippen molar-refractivity contribution < 1.29 is 0 Å². The minimum absolute atomic E-state index is 0.0461. The summed E-state index contributed by atoms with van der Waals surface area (Å²) in [6.45, 7) is 2.94. The van der Waals surface area contributed by atoms with E-state index >= 15 is 0 Å². The van der Waals surface area contributed by atoms with Crippen LogP contribution in [0.15, 0.2) is 28.1 Å². The first-order valence-electron chi connectivity index (χ1n) is 8.68. The van der Waals surface area contributed by atoms with Crippen LogP contribution >= 0.6 is 11.6 Å². The lowest BCUT2D eigenvalue weighted by Crippen LogP contribution is -2.36. The predicted octanol–water partition coefficient (Wildman–Crippen LogP) is 2.35. The average Bonchev–Trinajstić information content (AvgIpc) is 2.65. The molecule has 130 valence electrons. The Kier molecular flexibility index (Phi) is 4.63. The topological polar surface area (TPSA) is 74.2 Å². The number of halogens is 1. The minimum atomic E-state index is -0.0461. The molecule has 0 amide bonds. The summed E-state index contributed by atoms with van der Waals surface area (Å²) in [5, 5.41) is 0.519. The molecule has 0 aliphatic carbocycles. The SMILES string of the molecule is O=c1[nH]c(C2=NCCCC2)nc2c1CN(Cc1cccnc1Cl)CC2. The summed E-state index contributed by atoms with van der Waals surface area (Å²) in [7, 11) is 0. The zero-order chi connectivity index (χ0) is 17.2. The third kappa shape index (κ3) is 3.50. The Bertz CT molecular complexity index is 876. The van der Waals surface area contributed by atoms with Crippen molar-refractivity contribution in [2.24, 2.45) is 4.99 Å². The number of nitrogens with zero attached hydrogens (tertiary/aromatic N) is 4. The van der Waals surface area contributed by atoms with Gasteiger partial charge in [-0.3, -0.25) is 14.7 Å². The molecule has 6 nitrogen and oxygen atoms in total. The highest BCUT2D eigenvalue weighted by Gasteiger charge is 2.23. The molecule has 1 N–H and O–H groups in total. The number of hydrogen-bond donors (Lipinski definition) is 1. The number of rotatable bonds is 3. The lowest BCUT2D eigenvalue weighted by molar-refractivity contribution is 0.241. The Labute approximate surface area is 151 Å². The Morgan fingerprint density at radius 1 is 1.28 bits per heavy atom. The first kappa shape index (κ1) is 16.4. The molecule has 25 heavy (non-hydrogen) atoms. The van der Waals surface area contributed by atoms with Crippen LogP contribution in [0.2, 0.25) is 5.15 Å². The van der Waals surface area contributed by atoms with Gasteiger partial charge in [0, 0.05) is 44.4 Å². The van der Waals surface area contributed by atoms with Gasteiger partial charge in [0.1, 0.15) is 5.15 Å². The van der Waals surface area contributed by atoms with Crippen LogP contribution < -0.4 is 5.56 Å². The van der Waals surface area contributed by atoms with Crippen molar-refractivity contribution in [3.8, 4) is 0 Å². The van der Waals surface area contributed by atoms with Crippen molar-refractivity contribution >= 4 is 17.3 Å². The van der Waals surface area contributed by atoms with Crippen LogP contribution in [0.5, 0.6) is 0 Å². The van der Waals surface area contributed by atoms with Gasteiger partial charge in [0.15, 0.2) is 5.82 Å². The van der Waals surface area contributed by atoms with Gasteiger partial charge in [0.2, 0.25) is 0 Å². The van der Waals surface area contributed by atoms with Crippen molar-refractivity contribution in [3.63, 3.8) is 0 Å². The fourth-order valence-corrected chi connectivity index (χ4v) is 3.60. The first-order chi connectivity index (χ1) is 12.2. The molecule has 7 heteroatoms. The van der Waals surface area contributed by atoms with Crippen LogP contribution in [-0.2, 0) is 19.5 Å². The van der Waals surface area contributed by atoms with Crippen LogP contribution in [0.3, 0.4) is 0 Å². The van der Waals surface area contributed by atoms with E-state index in [-0.39, 0.29) is 5.56 Å². The molecule has 0 saturated heterocycles. The van der Waals surface area contributed by atoms with E-state index in [1.54, 1.807) is 6.20 Å². The van der Waals surface area contributed by atoms with E-state index in [2.05, 4.69) is 19.9 Å². The summed E-state index contributed by atoms with van der Waals surface area (Å²) in [5.74, 6) is 0.659. The van der Waals surface area contributed by atoms with Crippen LogP contribution in [0, 0.1) is 0 Å². The van der Waals surface area contributed by atoms with Crippen molar-refractivity contribution in [1.82, 2.24) is 19.9 Å². The van der Waals surface area contributed by atoms with Crippen LogP contribution in [0.25, 0.3) is 0 Å². The number of fused-ring (bicyclic) bond motifs is 1. The molecule has 0 fully saturated rings. The molecule has 0 bridgehead atoms. The van der Waals surface area contributed by atoms with E-state index in [0.717, 1.165) is 61.3 Å². The monoisotopic (exact) mass is 357 g/mol. The van der Waals surface area contributed by atoms with Crippen LogP contribution in [0.4, 0.5) is 0 Å². The highest BCUT2D eigenvalue weighted by molar-refractivity contribution is 6.30. The average molecular weight is 358 g/mol. The number of aliphatic imine (C=N–C) groups is 1. The summed E-state index contributed by atoms with van der Waals surface area (Å²) in [6.07, 6.45) is 5.57. The molecule has 2 aromatic heterocycles. The van der Waals surface area contributed by atoms with Gasteiger partial charge in [0.25, 0.3) is 5.56 Å². The second-order valence-electron chi connectivity index (χ2n) is 6.54. The number of hydrogen-bond acceptors (Lipinski definition) is 5. The molecular formula is C18H20ClN5O. The van der Waals surface area contributed by atoms with E-state index < -0.39 is 0 Å². The van der Waals surface area contributed by atoms with E-state index in [1.807, 2.05) is 12.1 Å². The predicted molar refractivity (Wildman–Crippen MR) is 97.2 cm³/mol. The summed E-state index contributed by atoms with van der Waals surface area (Å²) in [4.78, 5) is 31.1. The first-order valence-corrected chi connectivity index (χ1v) is 9.06. The molecule has 2 aliphatic rings. The Morgan fingerprint density at radius 2 is 2.20 bits per heavy atom. The molecule has 0 radical (unpaired) electrons. The summed E-state index contributed by atoms with van der Waals surface area (Å²) >= 11 is 6.15. The van der Waals surface area contributed by atoms with Crippen molar-refractivity contribution in [3.05, 3.63) is 56.5 Å². The number of aromatic amines is 1. The quantitative estimate of drug-likeness (QED) is 0.856. The number of pyridine rings is 1. The molecule has 2 aliphatic heterocycles. The fraction of sp³-hybridized carbons (Fsp3) is 0.444. The van der Waals surface area contributed by atoms with Gasteiger partial charge in [-0.05, 0) is 25.3 Å². The molecule has 0 unspecified atom stereocenters. The zero-order valence-electron chi connectivity index (χ0n) is 14.0. The van der Waals surface area contributed by atoms with Gasteiger partial charge in [0.05, 0.1) is 17.0 Å². The third-order valence-electron chi connectivity index (χ3n) is 4.78. The molecule has 0 saturated carbocycles. The van der Waals surface area contributed by atoms with E-state index in [4.69, 9.17) is 16.6 Å². The lowest BCUT2D eigenvalue weighted by Gasteiger charge is -2.28. The maximum atomic E-state index is 12.6. The Hall–Kier alpha value is -2.05. The Morgan fingerprint density at radius 3 is 3.00 bits per heavy atom. The minimum Gasteiger partial charge on any atom is -0.305 e. The van der Waals surface area contributed by atoms with Gasteiger partial charge >= 0.3 is 0 Å². The highest BCUT2D eigenvalue weighted by atomic mass is 35.5. The van der Waals surface area contributed by atoms with E-state index in [1.165, 1.54) is 0 Å². The molecule has 4 rings (SSSR count). The third-order valence-corrected chi connectivity index (χ3v) is 5.12. The van der Waals surface area contributed by atoms with Gasteiger partial charge < -0.3 is 4.98 Å². The second kappa shape index (κ2) is 7.06. The molecular weight excluding hydrogens is 338 g/mol. The lowest BCUT2D eigenvalue weighted by atomic mass is 10.0. The van der Waals surface area contributed by atoms with Crippen molar-refractivity contribution in [2.75, 3.05) is 13.1 Å². The largest absolute Gasteiger partial charge is 0.305 e. The fourth-order valence-electron chi connectivity index (χ4n) is 3.42. The maximum absolute atomic E-state index is 12.6. The van der Waals surface area contributed by atoms with Gasteiger partial charge in [-0.15, -0.1) is 0 Å². The second-order valence-corrected chi connectivity index (χ2v) is 6.90. The van der Waals surface area contributed by atoms with Crippen LogP contribution in [0.1, 0.15) is 41.9 Å². The molecule has 0 spiro atoms. The van der Waals surface area contributed by atoms with E-state index in [9.17, 15) is 4.79 Å². The smallest absolute Gasteiger partial charge is 0.255 e. The van der Waals surface area contributed by atoms with Crippen LogP contribution in [-0.4, -0.2) is 38.7 Å². The summed E-state index contributed by atoms with van der Waals surface area (Å²) in [5.41, 5.74) is 3.53. The van der Waals surface area contributed by atoms with Gasteiger partial charge in [-0.2, -0.15) is 0 Å². The van der Waals surface area contributed by atoms with Gasteiger partial charge in [-0.1, -0.05) is 17.7 Å². The molecule has 0 aromatic carbocycles. The summed E-state index contributed by atoms with van der Waals surface area (Å²) in [6, 6.07) is 3.85. The van der Waals surface area contributed by atoms with Crippen molar-refractivity contribution in [1.29, 1.82) is 0 Å². The molecule has 4 heterocycles. The molecule has 2 aromatic rings. The standard InChI is InChI=1S/C18H20ClN5O/c19-16-12(4-3-8-21-16)10-24-9-6-14-13(11-24)18(25)23-17(22-14)15-5-1-2-7-20-15/h3-4,8H,1-2,5-7,9-11H2,(H,22,23,25). The zero-order valence-corrected chi connectivity index (χ0v) is 14.7. The van der Waals surface area contributed by atoms with Gasteiger partial charge in [-0.25, -0.2) is 9.97 Å². The highest BCUT2D eigenvalue weighted by Crippen LogP contribution is 2.20. The number of aromatic nitrogens is 3. The maximum Gasteiger partial charge on any atom is 0.255 e. The number of nitrogens with one attached hydrogen (secondary N) is 1. The summed E-state index contributed by atoms with van der Waals surface area (Å²) < 4.78 is 0. The molecule has 0 atom stereocenters. The Balaban J connectivity index is 1.56. The normalized spacial score (nSPS) is 17.9. The van der Waals surface area contributed by atoms with Crippen molar-refractivity contribution in [2.45, 2.75) is 38.8 Å². The van der Waals surface area contributed by atoms with E-state index in [0.29, 0.717) is 24.1 Å². The number of H-pyrrole nitrogens is 1.